The quantitative estimate of drug-likeness (QED) is 0.180. The van der Waals surface area contributed by atoms with Crippen LogP contribution in [-0.2, 0) is 14.4 Å². The zero-order valence-corrected chi connectivity index (χ0v) is 21.6. The van der Waals surface area contributed by atoms with Crippen molar-refractivity contribution < 1.29 is 28.6 Å². The van der Waals surface area contributed by atoms with E-state index >= 15 is 0 Å². The third kappa shape index (κ3) is 3.21. The van der Waals surface area contributed by atoms with E-state index in [1.807, 2.05) is 54.6 Å². The number of halogens is 1. The Morgan fingerprint density at radius 2 is 1.57 bits per heavy atom. The molecule has 1 fully saturated rings. The van der Waals surface area contributed by atoms with Gasteiger partial charge in [-0.3, -0.25) is 14.4 Å². The zero-order chi connectivity index (χ0) is 27.1. The van der Waals surface area contributed by atoms with E-state index in [1.165, 1.54) is 4.90 Å². The average molecular weight is 550 g/mol. The predicted molar refractivity (Wildman–Crippen MR) is 147 cm³/mol. The number of rotatable bonds is 2. The van der Waals surface area contributed by atoms with Crippen LogP contribution in [-0.4, -0.2) is 24.6 Å². The summed E-state index contributed by atoms with van der Waals surface area (Å²) >= 11 is 6.24. The first-order chi connectivity index (χ1) is 19.5. The maximum absolute atomic E-state index is 14.2. The smallest absolute Gasteiger partial charge is 0.319 e. The highest BCUT2D eigenvalue weighted by molar-refractivity contribution is 6.31. The van der Waals surface area contributed by atoms with E-state index in [4.69, 9.17) is 25.8 Å². The minimum atomic E-state index is -0.957. The van der Waals surface area contributed by atoms with Crippen LogP contribution in [0.3, 0.4) is 0 Å². The van der Waals surface area contributed by atoms with Gasteiger partial charge >= 0.3 is 5.97 Å². The molecule has 8 rings (SSSR count). The molecule has 0 bridgehead atoms. The number of carbonyl (C=O) groups is 3. The fourth-order valence-corrected chi connectivity index (χ4v) is 6.83. The molecule has 4 aromatic rings. The Morgan fingerprint density at radius 1 is 0.775 bits per heavy atom. The fourth-order valence-electron chi connectivity index (χ4n) is 6.65. The lowest BCUT2D eigenvalue weighted by molar-refractivity contribution is -0.142. The SMILES string of the molecule is O=C1Oc2ccc3ccccc3c2C2=C[C@H](c3ccc4c(c3)OCO4)[C@@H]3C(=O)N(c4cccc(Cl)c4)C(=O)[C@H]3[C@H]12. The van der Waals surface area contributed by atoms with Gasteiger partial charge in [-0.15, -0.1) is 0 Å². The molecule has 40 heavy (non-hydrogen) atoms. The molecule has 8 heteroatoms. The van der Waals surface area contributed by atoms with Crippen LogP contribution in [0.15, 0.2) is 84.9 Å². The molecule has 196 valence electrons. The van der Waals surface area contributed by atoms with Crippen molar-refractivity contribution in [1.29, 1.82) is 0 Å². The second kappa shape index (κ2) is 8.44. The number of amides is 2. The molecule has 0 saturated carbocycles. The normalized spacial score (nSPS) is 24.4. The fraction of sp³-hybridized carbons (Fsp3) is 0.156. The lowest BCUT2D eigenvalue weighted by Gasteiger charge is -2.38. The highest BCUT2D eigenvalue weighted by Gasteiger charge is 2.60. The largest absolute Gasteiger partial charge is 0.454 e. The van der Waals surface area contributed by atoms with Crippen LogP contribution >= 0.6 is 11.6 Å². The Kier molecular flexibility index (Phi) is 4.91. The third-order valence-corrected chi connectivity index (χ3v) is 8.57. The Labute approximate surface area is 233 Å². The van der Waals surface area contributed by atoms with E-state index in [0.29, 0.717) is 33.5 Å². The van der Waals surface area contributed by atoms with Crippen LogP contribution in [0.2, 0.25) is 5.02 Å². The summed E-state index contributed by atoms with van der Waals surface area (Å²) in [5.74, 6) is -2.96. The molecule has 0 radical (unpaired) electrons. The molecule has 0 unspecified atom stereocenters. The van der Waals surface area contributed by atoms with Crippen molar-refractivity contribution in [3.8, 4) is 17.2 Å². The number of hydrogen-bond donors (Lipinski definition) is 0. The second-order valence-corrected chi connectivity index (χ2v) is 10.8. The number of anilines is 1. The van der Waals surface area contributed by atoms with Crippen molar-refractivity contribution >= 4 is 51.4 Å². The van der Waals surface area contributed by atoms with Gasteiger partial charge in [0.25, 0.3) is 0 Å². The predicted octanol–water partition coefficient (Wildman–Crippen LogP) is 5.74. The van der Waals surface area contributed by atoms with Crippen molar-refractivity contribution in [3.05, 3.63) is 101 Å². The highest BCUT2D eigenvalue weighted by atomic mass is 35.5. The maximum Gasteiger partial charge on any atom is 0.319 e. The summed E-state index contributed by atoms with van der Waals surface area (Å²) in [7, 11) is 0. The summed E-state index contributed by atoms with van der Waals surface area (Å²) in [6.07, 6.45) is 1.97. The number of fused-ring (bicyclic) bond motifs is 8. The van der Waals surface area contributed by atoms with Crippen LogP contribution in [0.25, 0.3) is 16.3 Å². The van der Waals surface area contributed by atoms with Gasteiger partial charge in [0.1, 0.15) is 5.75 Å². The molecular formula is C32H20ClNO6. The minimum Gasteiger partial charge on any atom is -0.454 e. The summed E-state index contributed by atoms with van der Waals surface area (Å²) in [5, 5.41) is 2.29. The third-order valence-electron chi connectivity index (χ3n) is 8.33. The van der Waals surface area contributed by atoms with Gasteiger partial charge < -0.3 is 14.2 Å². The van der Waals surface area contributed by atoms with Gasteiger partial charge in [0.15, 0.2) is 11.5 Å². The van der Waals surface area contributed by atoms with Crippen LogP contribution in [0.5, 0.6) is 17.2 Å². The summed E-state index contributed by atoms with van der Waals surface area (Å²) in [4.78, 5) is 43.1. The number of nitrogens with zero attached hydrogens (tertiary/aromatic N) is 1. The standard InChI is InChI=1S/C32H20ClNO6/c33-18-5-3-6-19(13-18)34-30(35)27-21(17-9-10-23-25(12-17)39-15-38-23)14-22-26-20-7-2-1-4-16(20)8-11-24(26)40-32(37)28(22)29(27)31(34)36/h1-14,21,27-29H,15H2/t21-,27+,28-,29-/m1/s1. The van der Waals surface area contributed by atoms with Gasteiger partial charge in [0, 0.05) is 16.5 Å². The minimum absolute atomic E-state index is 0.115. The number of imide groups is 1. The molecule has 0 aromatic heterocycles. The lowest BCUT2D eigenvalue weighted by Crippen LogP contribution is -2.42. The Balaban J connectivity index is 1.37. The molecule has 3 aliphatic heterocycles. The van der Waals surface area contributed by atoms with E-state index in [2.05, 4.69) is 0 Å². The molecule has 4 aromatic carbocycles. The molecule has 7 nitrogen and oxygen atoms in total. The number of esters is 1. The Bertz CT molecular complexity index is 1830. The summed E-state index contributed by atoms with van der Waals surface area (Å²) in [6.45, 7) is 0.115. The molecule has 3 heterocycles. The Hall–Kier alpha value is -4.62. The van der Waals surface area contributed by atoms with E-state index in [1.54, 1.807) is 30.3 Å². The first-order valence-electron chi connectivity index (χ1n) is 13.0. The van der Waals surface area contributed by atoms with E-state index in [0.717, 1.165) is 21.9 Å². The molecule has 2 amide bonds. The Morgan fingerprint density at radius 3 is 2.45 bits per heavy atom. The monoisotopic (exact) mass is 549 g/mol. The summed E-state index contributed by atoms with van der Waals surface area (Å²) in [5.41, 5.74) is 2.63. The number of benzene rings is 4. The average Bonchev–Trinajstić information content (AvgIpc) is 3.54. The first kappa shape index (κ1) is 23.3. The summed E-state index contributed by atoms with van der Waals surface area (Å²) < 4.78 is 17.0. The van der Waals surface area contributed by atoms with Gasteiger partial charge in [-0.05, 0) is 58.3 Å². The van der Waals surface area contributed by atoms with Gasteiger partial charge in [-0.25, -0.2) is 4.90 Å². The number of allylic oxidation sites excluding steroid dienone is 1. The number of ether oxygens (including phenoxy) is 3. The van der Waals surface area contributed by atoms with Crippen LogP contribution in [0.4, 0.5) is 5.69 Å². The van der Waals surface area contributed by atoms with Crippen molar-refractivity contribution in [2.45, 2.75) is 5.92 Å². The van der Waals surface area contributed by atoms with Crippen molar-refractivity contribution in [2.75, 3.05) is 11.7 Å². The number of carbonyl (C=O) groups excluding carboxylic acids is 3. The van der Waals surface area contributed by atoms with Gasteiger partial charge in [-0.1, -0.05) is 60.1 Å². The topological polar surface area (TPSA) is 82.1 Å². The molecule has 0 spiro atoms. The molecule has 0 N–H and O–H groups in total. The molecule has 4 atom stereocenters. The molecular weight excluding hydrogens is 530 g/mol. The van der Waals surface area contributed by atoms with Gasteiger partial charge in [0.2, 0.25) is 18.6 Å². The maximum atomic E-state index is 14.2. The van der Waals surface area contributed by atoms with Crippen molar-refractivity contribution in [3.63, 3.8) is 0 Å². The van der Waals surface area contributed by atoms with Crippen LogP contribution in [0.1, 0.15) is 17.0 Å². The van der Waals surface area contributed by atoms with E-state index < -0.39 is 35.5 Å². The lowest BCUT2D eigenvalue weighted by atomic mass is 9.64. The van der Waals surface area contributed by atoms with Crippen LogP contribution in [0, 0.1) is 17.8 Å². The van der Waals surface area contributed by atoms with E-state index in [9.17, 15) is 14.4 Å². The number of hydrogen-bond acceptors (Lipinski definition) is 6. The van der Waals surface area contributed by atoms with Crippen molar-refractivity contribution in [1.82, 2.24) is 0 Å². The zero-order valence-electron chi connectivity index (χ0n) is 20.9. The van der Waals surface area contributed by atoms with Gasteiger partial charge in [0.05, 0.1) is 23.4 Å². The molecule has 4 aliphatic rings. The van der Waals surface area contributed by atoms with Crippen LogP contribution < -0.4 is 19.1 Å². The molecule has 1 aliphatic carbocycles. The van der Waals surface area contributed by atoms with Crippen molar-refractivity contribution in [2.24, 2.45) is 17.8 Å². The highest BCUT2D eigenvalue weighted by Crippen LogP contribution is 2.56. The molecule has 1 saturated heterocycles. The van der Waals surface area contributed by atoms with E-state index in [-0.39, 0.29) is 12.7 Å². The first-order valence-corrected chi connectivity index (χ1v) is 13.4. The summed E-state index contributed by atoms with van der Waals surface area (Å²) in [6, 6.07) is 23.7. The second-order valence-electron chi connectivity index (χ2n) is 10.4. The van der Waals surface area contributed by atoms with Gasteiger partial charge in [-0.2, -0.15) is 0 Å².